The van der Waals surface area contributed by atoms with Crippen molar-refractivity contribution < 1.29 is 5.11 Å². The Morgan fingerprint density at radius 3 is 2.74 bits per heavy atom. The second-order valence-corrected chi connectivity index (χ2v) is 5.37. The molecule has 3 rings (SSSR count). The second-order valence-electron chi connectivity index (χ2n) is 5.37. The van der Waals surface area contributed by atoms with E-state index in [1.807, 2.05) is 13.0 Å². The van der Waals surface area contributed by atoms with E-state index in [0.29, 0.717) is 5.75 Å². The van der Waals surface area contributed by atoms with Gasteiger partial charge >= 0.3 is 0 Å². The van der Waals surface area contributed by atoms with Gasteiger partial charge in [0, 0.05) is 12.2 Å². The van der Waals surface area contributed by atoms with E-state index in [2.05, 4.69) is 29.6 Å². The van der Waals surface area contributed by atoms with Gasteiger partial charge in [-0.2, -0.15) is 0 Å². The number of hydrogen-bond donors (Lipinski definition) is 2. The minimum Gasteiger partial charge on any atom is -0.508 e. The van der Waals surface area contributed by atoms with Crippen molar-refractivity contribution in [3.05, 3.63) is 59.2 Å². The largest absolute Gasteiger partial charge is 0.508 e. The fourth-order valence-corrected chi connectivity index (χ4v) is 2.42. The third-order valence-electron chi connectivity index (χ3n) is 3.69. The van der Waals surface area contributed by atoms with Gasteiger partial charge in [0.2, 0.25) is 0 Å². The molecular weight excluding hydrogens is 234 g/mol. The predicted molar refractivity (Wildman–Crippen MR) is 78.6 cm³/mol. The topological polar surface area (TPSA) is 32.3 Å². The van der Waals surface area contributed by atoms with Crippen LogP contribution in [-0.4, -0.2) is 5.11 Å². The minimum absolute atomic E-state index is 0.318. The minimum atomic E-state index is 0.318. The van der Waals surface area contributed by atoms with Crippen LogP contribution in [0.1, 0.15) is 35.4 Å². The van der Waals surface area contributed by atoms with Crippen LogP contribution in [0.4, 0.5) is 5.69 Å². The van der Waals surface area contributed by atoms with Gasteiger partial charge in [-0.15, -0.1) is 0 Å². The first-order chi connectivity index (χ1) is 9.22. The van der Waals surface area contributed by atoms with Crippen molar-refractivity contribution in [2.45, 2.75) is 32.2 Å². The average molecular weight is 253 g/mol. The smallest absolute Gasteiger partial charge is 0.115 e. The molecule has 1 aliphatic rings. The lowest BCUT2D eigenvalue weighted by Crippen LogP contribution is -2.01. The van der Waals surface area contributed by atoms with Crippen LogP contribution in [0.2, 0.25) is 0 Å². The van der Waals surface area contributed by atoms with Crippen LogP contribution in [0.3, 0.4) is 0 Å². The maximum atomic E-state index is 9.40. The van der Waals surface area contributed by atoms with E-state index in [4.69, 9.17) is 0 Å². The Balaban J connectivity index is 1.69. The molecule has 1 saturated carbocycles. The Hall–Kier alpha value is -1.96. The third-order valence-corrected chi connectivity index (χ3v) is 3.69. The number of aromatic hydroxyl groups is 1. The number of hydrogen-bond acceptors (Lipinski definition) is 2. The molecule has 19 heavy (non-hydrogen) atoms. The summed E-state index contributed by atoms with van der Waals surface area (Å²) in [5.41, 5.74) is 4.94. The summed E-state index contributed by atoms with van der Waals surface area (Å²) in [4.78, 5) is 0. The summed E-state index contributed by atoms with van der Waals surface area (Å²) >= 11 is 0. The zero-order valence-corrected chi connectivity index (χ0v) is 11.2. The Kier molecular flexibility index (Phi) is 3.16. The van der Waals surface area contributed by atoms with Crippen LogP contribution in [-0.2, 0) is 6.54 Å². The van der Waals surface area contributed by atoms with Crippen LogP contribution >= 0.6 is 0 Å². The highest BCUT2D eigenvalue weighted by atomic mass is 16.3. The summed E-state index contributed by atoms with van der Waals surface area (Å²) in [6, 6.07) is 14.3. The van der Waals surface area contributed by atoms with Crippen LogP contribution in [0, 0.1) is 6.92 Å². The quantitative estimate of drug-likeness (QED) is 0.801. The van der Waals surface area contributed by atoms with Crippen LogP contribution in [0.25, 0.3) is 0 Å². The second kappa shape index (κ2) is 4.96. The maximum Gasteiger partial charge on any atom is 0.115 e. The van der Waals surface area contributed by atoms with Crippen molar-refractivity contribution in [2.24, 2.45) is 0 Å². The zero-order valence-electron chi connectivity index (χ0n) is 11.2. The summed E-state index contributed by atoms with van der Waals surface area (Å²) < 4.78 is 0. The normalized spacial score (nSPS) is 14.4. The Bertz CT molecular complexity index is 588. The molecule has 0 amide bonds. The summed E-state index contributed by atoms with van der Waals surface area (Å²) in [6.45, 7) is 2.83. The first-order valence-corrected chi connectivity index (χ1v) is 6.85. The van der Waals surface area contributed by atoms with Gasteiger partial charge in [-0.25, -0.2) is 0 Å². The van der Waals surface area contributed by atoms with Crippen molar-refractivity contribution in [2.75, 3.05) is 5.32 Å². The Morgan fingerprint density at radius 1 is 1.16 bits per heavy atom. The van der Waals surface area contributed by atoms with Crippen molar-refractivity contribution in [3.63, 3.8) is 0 Å². The molecule has 0 atom stereocenters. The molecule has 2 nitrogen and oxygen atoms in total. The van der Waals surface area contributed by atoms with Gasteiger partial charge in [0.15, 0.2) is 0 Å². The molecule has 0 aliphatic heterocycles. The molecule has 0 saturated heterocycles. The number of nitrogens with one attached hydrogen (secondary N) is 1. The fraction of sp³-hybridized carbons (Fsp3) is 0.294. The summed E-state index contributed by atoms with van der Waals surface area (Å²) in [5, 5.41) is 12.8. The predicted octanol–water partition coefficient (Wildman–Crippen LogP) is 4.19. The monoisotopic (exact) mass is 253 g/mol. The summed E-state index contributed by atoms with van der Waals surface area (Å²) in [6.07, 6.45) is 2.68. The van der Waals surface area contributed by atoms with Gasteiger partial charge in [-0.3, -0.25) is 0 Å². The Labute approximate surface area is 114 Å². The number of aryl methyl sites for hydroxylation is 1. The number of anilines is 1. The average Bonchev–Trinajstić information content (AvgIpc) is 3.22. The van der Waals surface area contributed by atoms with Gasteiger partial charge < -0.3 is 10.4 Å². The molecule has 0 radical (unpaired) electrons. The molecule has 0 aromatic heterocycles. The van der Waals surface area contributed by atoms with Crippen molar-refractivity contribution >= 4 is 5.69 Å². The highest BCUT2D eigenvalue weighted by molar-refractivity contribution is 5.53. The van der Waals surface area contributed by atoms with Gasteiger partial charge in [0.25, 0.3) is 0 Å². The SMILES string of the molecule is Cc1cc(O)ccc1NCc1cccc(C2CC2)c1. The number of phenolic OH excluding ortho intramolecular Hbond substituents is 1. The van der Waals surface area contributed by atoms with Crippen molar-refractivity contribution in [1.29, 1.82) is 0 Å². The van der Waals surface area contributed by atoms with E-state index in [1.165, 1.54) is 24.0 Å². The highest BCUT2D eigenvalue weighted by Gasteiger charge is 2.23. The van der Waals surface area contributed by atoms with Crippen molar-refractivity contribution in [3.8, 4) is 5.75 Å². The summed E-state index contributed by atoms with van der Waals surface area (Å²) in [5.74, 6) is 1.12. The molecule has 98 valence electrons. The van der Waals surface area contributed by atoms with E-state index in [0.717, 1.165) is 23.7 Å². The molecule has 2 aromatic rings. The molecule has 1 fully saturated rings. The van der Waals surface area contributed by atoms with Crippen molar-refractivity contribution in [1.82, 2.24) is 0 Å². The number of rotatable bonds is 4. The fourth-order valence-electron chi connectivity index (χ4n) is 2.42. The highest BCUT2D eigenvalue weighted by Crippen LogP contribution is 2.40. The maximum absolute atomic E-state index is 9.40. The lowest BCUT2D eigenvalue weighted by Gasteiger charge is -2.10. The van der Waals surface area contributed by atoms with E-state index >= 15 is 0 Å². The molecule has 2 N–H and O–H groups in total. The first-order valence-electron chi connectivity index (χ1n) is 6.85. The van der Waals surface area contributed by atoms with Gasteiger partial charge in [0.1, 0.15) is 5.75 Å². The first kappa shape index (κ1) is 12.1. The lowest BCUT2D eigenvalue weighted by atomic mass is 10.1. The van der Waals surface area contributed by atoms with Gasteiger partial charge in [0.05, 0.1) is 0 Å². The van der Waals surface area contributed by atoms with Gasteiger partial charge in [-0.1, -0.05) is 24.3 Å². The summed E-state index contributed by atoms with van der Waals surface area (Å²) in [7, 11) is 0. The third kappa shape index (κ3) is 2.90. The number of phenols is 1. The molecule has 0 unspecified atom stereocenters. The zero-order chi connectivity index (χ0) is 13.2. The number of benzene rings is 2. The molecule has 0 bridgehead atoms. The lowest BCUT2D eigenvalue weighted by molar-refractivity contribution is 0.475. The molecular formula is C17H19NO. The van der Waals surface area contributed by atoms with Gasteiger partial charge in [-0.05, 0) is 60.6 Å². The van der Waals surface area contributed by atoms with Crippen LogP contribution in [0.15, 0.2) is 42.5 Å². The van der Waals surface area contributed by atoms with E-state index in [-0.39, 0.29) is 0 Å². The molecule has 0 heterocycles. The standard InChI is InChI=1S/C17H19NO/c1-12-9-16(19)7-8-17(12)18-11-13-3-2-4-15(10-13)14-5-6-14/h2-4,7-10,14,18-19H,5-6,11H2,1H3. The molecule has 2 heteroatoms. The molecule has 2 aromatic carbocycles. The van der Waals surface area contributed by atoms with Crippen LogP contribution < -0.4 is 5.32 Å². The van der Waals surface area contributed by atoms with E-state index in [1.54, 1.807) is 12.1 Å². The molecule has 1 aliphatic carbocycles. The van der Waals surface area contributed by atoms with E-state index in [9.17, 15) is 5.11 Å². The van der Waals surface area contributed by atoms with Crippen LogP contribution in [0.5, 0.6) is 5.75 Å². The Morgan fingerprint density at radius 2 is 2.00 bits per heavy atom. The molecule has 0 spiro atoms. The van der Waals surface area contributed by atoms with E-state index < -0.39 is 0 Å².